The van der Waals surface area contributed by atoms with E-state index in [-0.39, 0.29) is 17.1 Å². The molecule has 1 saturated heterocycles. The van der Waals surface area contributed by atoms with Gasteiger partial charge in [0, 0.05) is 15.7 Å². The number of aliphatic hydroxyl groups is 1. The van der Waals surface area contributed by atoms with Crippen molar-refractivity contribution < 1.29 is 19.8 Å². The number of anilines is 1. The van der Waals surface area contributed by atoms with Gasteiger partial charge in [0.05, 0.1) is 11.6 Å². The summed E-state index contributed by atoms with van der Waals surface area (Å²) in [6, 6.07) is 16.4. The average molecular weight is 492 g/mol. The van der Waals surface area contributed by atoms with Crippen molar-refractivity contribution in [3.8, 4) is 5.75 Å². The molecule has 1 unspecified atom stereocenters. The summed E-state index contributed by atoms with van der Waals surface area (Å²) in [5, 5.41) is 21.0. The lowest BCUT2D eigenvalue weighted by Gasteiger charge is -2.27. The largest absolute Gasteiger partial charge is 0.508 e. The highest BCUT2D eigenvalue weighted by atomic mass is 79.9. The molecule has 1 fully saturated rings. The number of aliphatic hydroxyl groups excluding tert-OH is 1. The van der Waals surface area contributed by atoms with Gasteiger partial charge in [0.2, 0.25) is 0 Å². The first-order chi connectivity index (χ1) is 15.2. The minimum Gasteiger partial charge on any atom is -0.508 e. The number of hydrogen-bond acceptors (Lipinski definition) is 4. The van der Waals surface area contributed by atoms with Crippen LogP contribution < -0.4 is 4.90 Å². The average Bonchev–Trinajstić information content (AvgIpc) is 3.02. The van der Waals surface area contributed by atoms with Gasteiger partial charge in [0.15, 0.2) is 0 Å². The van der Waals surface area contributed by atoms with E-state index in [1.165, 1.54) is 17.0 Å². The quantitative estimate of drug-likeness (QED) is 0.279. The molecule has 0 aliphatic carbocycles. The second kappa shape index (κ2) is 8.28. The second-order valence-corrected chi connectivity index (χ2v) is 8.87. The zero-order valence-electron chi connectivity index (χ0n) is 17.9. The number of aryl methyl sites for hydroxylation is 3. The topological polar surface area (TPSA) is 77.8 Å². The molecular formula is C26H22BrNO4. The number of Topliss-reactive ketones (excluding diaryl/α,β-unsaturated/α-hetero) is 1. The highest BCUT2D eigenvalue weighted by Crippen LogP contribution is 2.43. The monoisotopic (exact) mass is 491 g/mol. The van der Waals surface area contributed by atoms with Gasteiger partial charge in [-0.2, -0.15) is 0 Å². The van der Waals surface area contributed by atoms with Crippen molar-refractivity contribution in [3.63, 3.8) is 0 Å². The van der Waals surface area contributed by atoms with Crippen LogP contribution in [0.4, 0.5) is 5.69 Å². The van der Waals surface area contributed by atoms with Gasteiger partial charge >= 0.3 is 0 Å². The molecule has 1 atom stereocenters. The van der Waals surface area contributed by atoms with Gasteiger partial charge in [-0.05, 0) is 73.4 Å². The van der Waals surface area contributed by atoms with Crippen molar-refractivity contribution in [2.45, 2.75) is 26.8 Å². The fourth-order valence-corrected chi connectivity index (χ4v) is 4.23. The van der Waals surface area contributed by atoms with Crippen LogP contribution in [0.2, 0.25) is 0 Å². The van der Waals surface area contributed by atoms with E-state index in [1.807, 2.05) is 39.0 Å². The minimum atomic E-state index is -0.833. The van der Waals surface area contributed by atoms with Gasteiger partial charge in [-0.25, -0.2) is 0 Å². The number of phenolic OH excluding ortho intramolecular Hbond substituents is 1. The number of halogens is 1. The van der Waals surface area contributed by atoms with E-state index >= 15 is 0 Å². The van der Waals surface area contributed by atoms with E-state index < -0.39 is 17.7 Å². The molecule has 4 rings (SSSR count). The van der Waals surface area contributed by atoms with E-state index in [2.05, 4.69) is 15.9 Å². The summed E-state index contributed by atoms with van der Waals surface area (Å²) in [7, 11) is 0. The van der Waals surface area contributed by atoms with E-state index in [4.69, 9.17) is 0 Å². The molecule has 5 nitrogen and oxygen atoms in total. The lowest BCUT2D eigenvalue weighted by Crippen LogP contribution is -2.30. The predicted octanol–water partition coefficient (Wildman–Crippen LogP) is 5.71. The molecule has 162 valence electrons. The SMILES string of the molecule is Cc1ccc(C)c(N2C(=O)C(=O)/C(=C(\O)c3ccc(Br)c(C)c3)C2c2ccc(O)cc2)c1. The van der Waals surface area contributed by atoms with Gasteiger partial charge in [-0.1, -0.05) is 46.3 Å². The zero-order valence-corrected chi connectivity index (χ0v) is 19.5. The first-order valence-electron chi connectivity index (χ1n) is 10.1. The maximum absolute atomic E-state index is 13.3. The van der Waals surface area contributed by atoms with E-state index in [0.717, 1.165) is 21.2 Å². The molecule has 3 aromatic rings. The summed E-state index contributed by atoms with van der Waals surface area (Å²) < 4.78 is 0.875. The van der Waals surface area contributed by atoms with Crippen LogP contribution in [-0.4, -0.2) is 21.9 Å². The molecule has 1 heterocycles. The summed E-state index contributed by atoms with van der Waals surface area (Å²) in [6.45, 7) is 5.67. The highest BCUT2D eigenvalue weighted by Gasteiger charge is 2.47. The zero-order chi connectivity index (χ0) is 23.2. The Hall–Kier alpha value is -3.38. The van der Waals surface area contributed by atoms with Gasteiger partial charge in [-0.3, -0.25) is 14.5 Å². The van der Waals surface area contributed by atoms with Crippen molar-refractivity contribution in [1.82, 2.24) is 0 Å². The Bertz CT molecular complexity index is 1280. The molecule has 0 aromatic heterocycles. The van der Waals surface area contributed by atoms with E-state index in [9.17, 15) is 19.8 Å². The van der Waals surface area contributed by atoms with Crippen LogP contribution in [0, 0.1) is 20.8 Å². The molecule has 0 bridgehead atoms. The normalized spacial score (nSPS) is 17.8. The Morgan fingerprint density at radius 2 is 1.59 bits per heavy atom. The molecule has 0 saturated carbocycles. The highest BCUT2D eigenvalue weighted by molar-refractivity contribution is 9.10. The summed E-state index contributed by atoms with van der Waals surface area (Å²) in [5.41, 5.74) is 4.35. The maximum Gasteiger partial charge on any atom is 0.300 e. The maximum atomic E-state index is 13.3. The van der Waals surface area contributed by atoms with Crippen LogP contribution in [0.15, 0.2) is 70.7 Å². The Labute approximate surface area is 194 Å². The number of phenols is 1. The lowest BCUT2D eigenvalue weighted by molar-refractivity contribution is -0.132. The lowest BCUT2D eigenvalue weighted by atomic mass is 9.94. The van der Waals surface area contributed by atoms with Crippen LogP contribution in [0.5, 0.6) is 5.75 Å². The number of rotatable bonds is 3. The third-order valence-corrected chi connectivity index (χ3v) is 6.60. The molecule has 2 N–H and O–H groups in total. The Morgan fingerprint density at radius 3 is 2.25 bits per heavy atom. The molecule has 1 amide bonds. The third kappa shape index (κ3) is 3.71. The number of amides is 1. The van der Waals surface area contributed by atoms with Crippen LogP contribution in [-0.2, 0) is 9.59 Å². The summed E-state index contributed by atoms with van der Waals surface area (Å²) >= 11 is 3.44. The van der Waals surface area contributed by atoms with Gasteiger partial charge in [0.1, 0.15) is 11.5 Å². The Morgan fingerprint density at radius 1 is 0.906 bits per heavy atom. The number of hydrogen-bond donors (Lipinski definition) is 2. The van der Waals surface area contributed by atoms with Crippen LogP contribution in [0.25, 0.3) is 5.76 Å². The van der Waals surface area contributed by atoms with Crippen molar-refractivity contribution >= 4 is 39.1 Å². The third-order valence-electron chi connectivity index (χ3n) is 5.71. The van der Waals surface area contributed by atoms with Crippen molar-refractivity contribution in [2.75, 3.05) is 4.90 Å². The van der Waals surface area contributed by atoms with Crippen molar-refractivity contribution in [2.24, 2.45) is 0 Å². The Kier molecular flexibility index (Phi) is 5.65. The molecule has 0 spiro atoms. The van der Waals surface area contributed by atoms with Gasteiger partial charge in [0.25, 0.3) is 11.7 Å². The van der Waals surface area contributed by atoms with Crippen molar-refractivity contribution in [3.05, 3.63) is 98.5 Å². The molecule has 32 heavy (non-hydrogen) atoms. The fraction of sp³-hybridized carbons (Fsp3) is 0.154. The summed E-state index contributed by atoms with van der Waals surface area (Å²) in [5.74, 6) is -1.61. The number of benzene rings is 3. The fourth-order valence-electron chi connectivity index (χ4n) is 3.98. The molecule has 0 radical (unpaired) electrons. The number of nitrogens with zero attached hydrogens (tertiary/aromatic N) is 1. The molecular weight excluding hydrogens is 470 g/mol. The van der Waals surface area contributed by atoms with Gasteiger partial charge in [-0.15, -0.1) is 0 Å². The van der Waals surface area contributed by atoms with Gasteiger partial charge < -0.3 is 10.2 Å². The minimum absolute atomic E-state index is 0.0170. The van der Waals surface area contributed by atoms with Crippen LogP contribution in [0.1, 0.15) is 33.9 Å². The predicted molar refractivity (Wildman–Crippen MR) is 128 cm³/mol. The first kappa shape index (κ1) is 21.8. The van der Waals surface area contributed by atoms with Crippen LogP contribution >= 0.6 is 15.9 Å². The molecule has 1 aliphatic heterocycles. The molecule has 3 aromatic carbocycles. The number of carbonyl (C=O) groups excluding carboxylic acids is 2. The van der Waals surface area contributed by atoms with E-state index in [1.54, 1.807) is 30.3 Å². The van der Waals surface area contributed by atoms with E-state index in [0.29, 0.717) is 16.8 Å². The standard InChI is InChI=1S/C26H22BrNO4/c1-14-4-5-15(2)21(12-14)28-23(17-6-9-19(29)10-7-17)22(25(31)26(28)32)24(30)18-8-11-20(27)16(3)13-18/h4-13,23,29-30H,1-3H3/b24-22-. The summed E-state index contributed by atoms with van der Waals surface area (Å²) in [6.07, 6.45) is 0. The Balaban J connectivity index is 1.99. The number of aromatic hydroxyl groups is 1. The molecule has 6 heteroatoms. The van der Waals surface area contributed by atoms with Crippen LogP contribution in [0.3, 0.4) is 0 Å². The number of carbonyl (C=O) groups is 2. The number of ketones is 1. The molecule has 1 aliphatic rings. The smallest absolute Gasteiger partial charge is 0.300 e. The van der Waals surface area contributed by atoms with Crippen molar-refractivity contribution in [1.29, 1.82) is 0 Å². The first-order valence-corrected chi connectivity index (χ1v) is 10.9. The summed E-state index contributed by atoms with van der Waals surface area (Å²) in [4.78, 5) is 27.9. The second-order valence-electron chi connectivity index (χ2n) is 8.01.